The van der Waals surface area contributed by atoms with Gasteiger partial charge in [-0.25, -0.2) is 8.42 Å². The molecule has 0 radical (unpaired) electrons. The third-order valence-electron chi connectivity index (χ3n) is 4.28. The minimum atomic E-state index is -4.00. The van der Waals surface area contributed by atoms with E-state index in [0.29, 0.717) is 17.1 Å². The van der Waals surface area contributed by atoms with E-state index in [1.807, 2.05) is 6.26 Å². The summed E-state index contributed by atoms with van der Waals surface area (Å²) < 4.78 is 27.7. The number of hydrogen-bond donors (Lipinski definition) is 2. The number of amides is 2. The first-order chi connectivity index (χ1) is 13.2. The second kappa shape index (κ2) is 7.84. The van der Waals surface area contributed by atoms with Crippen LogP contribution in [0.2, 0.25) is 0 Å². The number of nitrogens with zero attached hydrogens (tertiary/aromatic N) is 1. The number of carbonyl (C=O) groups is 2. The molecule has 1 aliphatic heterocycles. The maximum atomic E-state index is 13.3. The highest BCUT2D eigenvalue weighted by Crippen LogP contribution is 2.35. The lowest BCUT2D eigenvalue weighted by atomic mass is 10.2. The fraction of sp³-hybridized carbons (Fsp3) is 0.263. The Balaban J connectivity index is 2.05. The van der Waals surface area contributed by atoms with Crippen LogP contribution in [0.1, 0.15) is 13.8 Å². The maximum Gasteiger partial charge on any atom is 0.264 e. The van der Waals surface area contributed by atoms with Gasteiger partial charge in [-0.3, -0.25) is 13.9 Å². The molecule has 28 heavy (non-hydrogen) atoms. The monoisotopic (exact) mass is 419 g/mol. The van der Waals surface area contributed by atoms with Gasteiger partial charge in [0.15, 0.2) is 0 Å². The Hall–Kier alpha value is -2.52. The first-order valence-corrected chi connectivity index (χ1v) is 11.3. The van der Waals surface area contributed by atoms with Crippen molar-refractivity contribution in [2.24, 2.45) is 5.92 Å². The third-order valence-corrected chi connectivity index (χ3v) is 6.83. The van der Waals surface area contributed by atoms with Crippen molar-refractivity contribution in [3.8, 4) is 0 Å². The highest BCUT2D eigenvalue weighted by Gasteiger charge is 2.32. The summed E-state index contributed by atoms with van der Waals surface area (Å²) >= 11 is 1.41. The molecule has 148 valence electrons. The number of anilines is 3. The Morgan fingerprint density at radius 1 is 1.21 bits per heavy atom. The molecule has 1 aliphatic rings. The quantitative estimate of drug-likeness (QED) is 0.726. The molecule has 9 heteroatoms. The third kappa shape index (κ3) is 3.85. The number of thioether (sulfide) groups is 1. The molecule has 0 spiro atoms. The van der Waals surface area contributed by atoms with Gasteiger partial charge in [-0.2, -0.15) is 0 Å². The molecule has 0 aromatic heterocycles. The van der Waals surface area contributed by atoms with Crippen molar-refractivity contribution in [2.75, 3.05) is 27.7 Å². The number of fused-ring (bicyclic) bond motifs is 1. The van der Waals surface area contributed by atoms with Crippen LogP contribution in [0.15, 0.2) is 52.3 Å². The Morgan fingerprint density at radius 2 is 1.93 bits per heavy atom. The lowest BCUT2D eigenvalue weighted by Crippen LogP contribution is -2.42. The van der Waals surface area contributed by atoms with E-state index in [2.05, 4.69) is 10.6 Å². The molecule has 0 fully saturated rings. The van der Waals surface area contributed by atoms with Crippen LogP contribution in [0.25, 0.3) is 0 Å². The molecular weight excluding hydrogens is 398 g/mol. The van der Waals surface area contributed by atoms with Crippen molar-refractivity contribution in [3.63, 3.8) is 0 Å². The van der Waals surface area contributed by atoms with Crippen LogP contribution in [0, 0.1) is 5.92 Å². The van der Waals surface area contributed by atoms with Gasteiger partial charge in [0.2, 0.25) is 11.8 Å². The average Bonchev–Trinajstić information content (AvgIpc) is 2.67. The van der Waals surface area contributed by atoms with E-state index in [0.717, 1.165) is 9.20 Å². The van der Waals surface area contributed by atoms with E-state index in [9.17, 15) is 18.0 Å². The maximum absolute atomic E-state index is 13.3. The molecule has 2 amide bonds. The van der Waals surface area contributed by atoms with Gasteiger partial charge in [0.05, 0.1) is 22.0 Å². The molecule has 0 saturated heterocycles. The topological polar surface area (TPSA) is 95.6 Å². The number of nitrogens with one attached hydrogen (secondary N) is 2. The molecule has 0 unspecified atom stereocenters. The van der Waals surface area contributed by atoms with Gasteiger partial charge < -0.3 is 10.6 Å². The Morgan fingerprint density at radius 3 is 2.61 bits per heavy atom. The van der Waals surface area contributed by atoms with Gasteiger partial charge in [0.25, 0.3) is 10.0 Å². The van der Waals surface area contributed by atoms with Crippen LogP contribution in [-0.2, 0) is 19.6 Å². The smallest absolute Gasteiger partial charge is 0.264 e. The molecule has 2 aromatic rings. The zero-order valence-electron chi connectivity index (χ0n) is 15.7. The fourth-order valence-corrected chi connectivity index (χ4v) is 4.77. The summed E-state index contributed by atoms with van der Waals surface area (Å²) in [5.74, 6) is -0.850. The summed E-state index contributed by atoms with van der Waals surface area (Å²) in [5, 5.41) is 5.46. The molecule has 2 N–H and O–H groups in total. The summed E-state index contributed by atoms with van der Waals surface area (Å²) in [5.41, 5.74) is 1.28. The van der Waals surface area contributed by atoms with Crippen LogP contribution in [0.4, 0.5) is 17.1 Å². The van der Waals surface area contributed by atoms with E-state index in [4.69, 9.17) is 0 Å². The summed E-state index contributed by atoms with van der Waals surface area (Å²) in [6, 6.07) is 11.3. The fourth-order valence-electron chi connectivity index (χ4n) is 2.77. The Labute approximate surface area is 168 Å². The zero-order valence-corrected chi connectivity index (χ0v) is 17.4. The van der Waals surface area contributed by atoms with Crippen molar-refractivity contribution in [1.82, 2.24) is 0 Å². The summed E-state index contributed by atoms with van der Waals surface area (Å²) in [6.45, 7) is 3.22. The number of carbonyl (C=O) groups excluding carboxylic acids is 2. The SMILES string of the molecule is CSc1ccc(S(=O)(=O)N2CC(=O)Nc3ccccc32)cc1NC(=O)C(C)C. The predicted molar refractivity (Wildman–Crippen MR) is 111 cm³/mol. The van der Waals surface area contributed by atoms with Crippen molar-refractivity contribution in [2.45, 2.75) is 23.6 Å². The molecule has 2 aromatic carbocycles. The van der Waals surface area contributed by atoms with E-state index in [1.54, 1.807) is 44.2 Å². The van der Waals surface area contributed by atoms with Crippen LogP contribution in [0.5, 0.6) is 0 Å². The van der Waals surface area contributed by atoms with Gasteiger partial charge in [-0.05, 0) is 36.6 Å². The standard InChI is InChI=1S/C19H21N3O4S2/c1-12(2)19(24)21-15-10-13(8-9-17(15)27-3)28(25,26)22-11-18(23)20-14-6-4-5-7-16(14)22/h4-10,12H,11H2,1-3H3,(H,20,23)(H,21,24). The van der Waals surface area contributed by atoms with E-state index in [1.165, 1.54) is 23.9 Å². The number of benzene rings is 2. The molecule has 3 rings (SSSR count). The Kier molecular flexibility index (Phi) is 5.66. The normalized spacial score (nSPS) is 13.9. The lowest BCUT2D eigenvalue weighted by molar-refractivity contribution is -0.119. The molecular formula is C19H21N3O4S2. The zero-order chi connectivity index (χ0) is 20.5. The van der Waals surface area contributed by atoms with Gasteiger partial charge >= 0.3 is 0 Å². The van der Waals surface area contributed by atoms with E-state index < -0.39 is 15.9 Å². The highest BCUT2D eigenvalue weighted by molar-refractivity contribution is 7.98. The van der Waals surface area contributed by atoms with Crippen LogP contribution < -0.4 is 14.9 Å². The minimum Gasteiger partial charge on any atom is -0.325 e. The van der Waals surface area contributed by atoms with Crippen molar-refractivity contribution in [3.05, 3.63) is 42.5 Å². The van der Waals surface area contributed by atoms with E-state index >= 15 is 0 Å². The minimum absolute atomic E-state index is 0.00820. The Bertz CT molecular complexity index is 1040. The molecule has 1 heterocycles. The summed E-state index contributed by atoms with van der Waals surface area (Å²) in [4.78, 5) is 24.9. The number of rotatable bonds is 5. The van der Waals surface area contributed by atoms with Gasteiger partial charge in [0.1, 0.15) is 6.54 Å². The van der Waals surface area contributed by atoms with Gasteiger partial charge in [-0.15, -0.1) is 11.8 Å². The van der Waals surface area contributed by atoms with Gasteiger partial charge in [-0.1, -0.05) is 26.0 Å². The summed E-state index contributed by atoms with van der Waals surface area (Å²) in [6.07, 6.45) is 1.85. The van der Waals surface area contributed by atoms with Crippen molar-refractivity contribution in [1.29, 1.82) is 0 Å². The first kappa shape index (κ1) is 20.2. The molecule has 0 aliphatic carbocycles. The van der Waals surface area contributed by atoms with Crippen LogP contribution in [0.3, 0.4) is 0 Å². The lowest BCUT2D eigenvalue weighted by Gasteiger charge is -2.30. The molecule has 0 bridgehead atoms. The molecule has 7 nitrogen and oxygen atoms in total. The second-order valence-corrected chi connectivity index (χ2v) is 9.29. The van der Waals surface area contributed by atoms with Crippen molar-refractivity contribution >= 4 is 50.7 Å². The number of sulfonamides is 1. The van der Waals surface area contributed by atoms with Crippen molar-refractivity contribution < 1.29 is 18.0 Å². The number of hydrogen-bond acceptors (Lipinski definition) is 5. The number of para-hydroxylation sites is 2. The molecule has 0 saturated carbocycles. The van der Waals surface area contributed by atoms with Crippen LogP contribution in [-0.4, -0.2) is 33.0 Å². The predicted octanol–water partition coefficient (Wildman–Crippen LogP) is 3.15. The average molecular weight is 420 g/mol. The summed E-state index contributed by atoms with van der Waals surface area (Å²) in [7, 11) is -4.00. The second-order valence-electron chi connectivity index (χ2n) is 6.58. The first-order valence-electron chi connectivity index (χ1n) is 8.64. The van der Waals surface area contributed by atoms with Gasteiger partial charge in [0, 0.05) is 10.8 Å². The highest BCUT2D eigenvalue weighted by atomic mass is 32.2. The largest absolute Gasteiger partial charge is 0.325 e. The van der Waals surface area contributed by atoms with E-state index in [-0.39, 0.29) is 23.3 Å². The molecule has 0 atom stereocenters. The van der Waals surface area contributed by atoms with Crippen LogP contribution >= 0.6 is 11.8 Å².